The average Bonchev–Trinajstić information content (AvgIpc) is 2.52. The second-order valence-corrected chi connectivity index (χ2v) is 5.19. The third kappa shape index (κ3) is 2.45. The summed E-state index contributed by atoms with van der Waals surface area (Å²) in [7, 11) is 1.83. The van der Waals surface area contributed by atoms with Crippen LogP contribution in [-0.2, 0) is 4.79 Å². The van der Waals surface area contributed by atoms with Crippen LogP contribution in [-0.4, -0.2) is 30.4 Å². The van der Waals surface area contributed by atoms with Crippen LogP contribution in [0.4, 0.5) is 0 Å². The van der Waals surface area contributed by atoms with Crippen molar-refractivity contribution in [3.63, 3.8) is 0 Å². The fourth-order valence-corrected chi connectivity index (χ4v) is 2.60. The average molecular weight is 266 g/mol. The van der Waals surface area contributed by atoms with Gasteiger partial charge in [-0.3, -0.25) is 10.1 Å². The van der Waals surface area contributed by atoms with Crippen LogP contribution in [0.2, 0.25) is 0 Å². The van der Waals surface area contributed by atoms with Crippen LogP contribution in [0.15, 0.2) is 60.7 Å². The lowest BCUT2D eigenvalue weighted by atomic mass is 9.96. The summed E-state index contributed by atoms with van der Waals surface area (Å²) >= 11 is 0. The van der Waals surface area contributed by atoms with E-state index in [-0.39, 0.29) is 18.0 Å². The molecule has 1 fully saturated rings. The fourth-order valence-electron chi connectivity index (χ4n) is 2.60. The van der Waals surface area contributed by atoms with Gasteiger partial charge in [0.05, 0.1) is 6.04 Å². The first-order valence-electron chi connectivity index (χ1n) is 6.86. The standard InChI is InChI=1S/C17H18N2O/c1-19-12-15(17(19)20)18-16(13-8-4-2-5-9-13)14-10-6-3-7-11-14/h2-11,15-16,18H,12H2,1H3/t15-/m1/s1. The number of carbonyl (C=O) groups is 1. The van der Waals surface area contributed by atoms with Crippen molar-refractivity contribution in [2.45, 2.75) is 12.1 Å². The molecule has 0 saturated carbocycles. The highest BCUT2D eigenvalue weighted by atomic mass is 16.2. The van der Waals surface area contributed by atoms with E-state index < -0.39 is 0 Å². The Morgan fingerprint density at radius 3 is 1.90 bits per heavy atom. The molecule has 1 aliphatic rings. The first-order chi connectivity index (χ1) is 9.75. The van der Waals surface area contributed by atoms with Crippen LogP contribution >= 0.6 is 0 Å². The van der Waals surface area contributed by atoms with Gasteiger partial charge in [-0.05, 0) is 11.1 Å². The van der Waals surface area contributed by atoms with Crippen LogP contribution in [0.25, 0.3) is 0 Å². The number of benzene rings is 2. The second-order valence-electron chi connectivity index (χ2n) is 5.19. The molecule has 0 spiro atoms. The summed E-state index contributed by atoms with van der Waals surface area (Å²) in [6.45, 7) is 0.773. The molecule has 1 N–H and O–H groups in total. The SMILES string of the molecule is CN1C[C@@H](NC(c2ccccc2)c2ccccc2)C1=O. The van der Waals surface area contributed by atoms with Crippen LogP contribution in [0.5, 0.6) is 0 Å². The minimum absolute atomic E-state index is 0.0556. The van der Waals surface area contributed by atoms with E-state index in [9.17, 15) is 4.79 Å². The smallest absolute Gasteiger partial charge is 0.241 e. The van der Waals surface area contributed by atoms with Gasteiger partial charge in [-0.1, -0.05) is 60.7 Å². The van der Waals surface area contributed by atoms with E-state index in [0.717, 1.165) is 6.54 Å². The third-order valence-electron chi connectivity index (χ3n) is 3.76. The predicted molar refractivity (Wildman–Crippen MR) is 79.3 cm³/mol. The molecule has 3 rings (SSSR count). The lowest BCUT2D eigenvalue weighted by molar-refractivity contribution is -0.142. The summed E-state index contributed by atoms with van der Waals surface area (Å²) in [4.78, 5) is 13.6. The summed E-state index contributed by atoms with van der Waals surface area (Å²) in [5.41, 5.74) is 2.36. The Morgan fingerprint density at radius 2 is 1.50 bits per heavy atom. The maximum atomic E-state index is 11.8. The predicted octanol–water partition coefficient (Wildman–Crippen LogP) is 2.21. The van der Waals surface area contributed by atoms with Gasteiger partial charge in [0.25, 0.3) is 0 Å². The van der Waals surface area contributed by atoms with E-state index >= 15 is 0 Å². The van der Waals surface area contributed by atoms with Crippen LogP contribution in [0.3, 0.4) is 0 Å². The van der Waals surface area contributed by atoms with Gasteiger partial charge < -0.3 is 4.90 Å². The van der Waals surface area contributed by atoms with Crippen LogP contribution < -0.4 is 5.32 Å². The molecule has 102 valence electrons. The van der Waals surface area contributed by atoms with E-state index in [0.29, 0.717) is 0 Å². The first kappa shape index (κ1) is 12.9. The molecule has 3 nitrogen and oxygen atoms in total. The van der Waals surface area contributed by atoms with Crippen molar-refractivity contribution in [1.82, 2.24) is 10.2 Å². The Kier molecular flexibility index (Phi) is 3.52. The van der Waals surface area contributed by atoms with Crippen molar-refractivity contribution in [2.75, 3.05) is 13.6 Å². The number of likely N-dealkylation sites (N-methyl/N-ethyl adjacent to an activating group) is 1. The minimum Gasteiger partial charge on any atom is -0.342 e. The summed E-state index contributed by atoms with van der Waals surface area (Å²) in [6.07, 6.45) is 0. The summed E-state index contributed by atoms with van der Waals surface area (Å²) in [5, 5.41) is 3.47. The van der Waals surface area contributed by atoms with Crippen LogP contribution in [0.1, 0.15) is 17.2 Å². The molecular formula is C17H18N2O. The zero-order valence-electron chi connectivity index (χ0n) is 11.5. The second kappa shape index (κ2) is 5.47. The maximum Gasteiger partial charge on any atom is 0.241 e. The molecule has 1 atom stereocenters. The monoisotopic (exact) mass is 266 g/mol. The molecule has 0 radical (unpaired) electrons. The number of hydrogen-bond donors (Lipinski definition) is 1. The van der Waals surface area contributed by atoms with Crippen molar-refractivity contribution < 1.29 is 4.79 Å². The molecule has 1 amide bonds. The van der Waals surface area contributed by atoms with Crippen molar-refractivity contribution in [1.29, 1.82) is 0 Å². The fraction of sp³-hybridized carbons (Fsp3) is 0.235. The summed E-state index contributed by atoms with van der Waals surface area (Å²) in [5.74, 6) is 0.168. The molecule has 1 aliphatic heterocycles. The van der Waals surface area contributed by atoms with Gasteiger partial charge in [-0.2, -0.15) is 0 Å². The highest BCUT2D eigenvalue weighted by molar-refractivity contribution is 5.87. The van der Waals surface area contributed by atoms with Crippen molar-refractivity contribution in [2.24, 2.45) is 0 Å². The van der Waals surface area contributed by atoms with Crippen molar-refractivity contribution in [3.8, 4) is 0 Å². The normalized spacial score (nSPS) is 18.2. The molecule has 2 aromatic rings. The molecular weight excluding hydrogens is 248 g/mol. The molecule has 0 unspecified atom stereocenters. The highest BCUT2D eigenvalue weighted by Gasteiger charge is 2.35. The van der Waals surface area contributed by atoms with Gasteiger partial charge in [0, 0.05) is 13.6 Å². The molecule has 0 aromatic heterocycles. The molecule has 2 aromatic carbocycles. The van der Waals surface area contributed by atoms with E-state index in [1.54, 1.807) is 4.90 Å². The molecule has 0 bridgehead atoms. The number of carbonyl (C=O) groups excluding carboxylic acids is 1. The molecule has 1 heterocycles. The van der Waals surface area contributed by atoms with Gasteiger partial charge in [-0.25, -0.2) is 0 Å². The number of nitrogens with zero attached hydrogens (tertiary/aromatic N) is 1. The Morgan fingerprint density at radius 1 is 1.00 bits per heavy atom. The zero-order valence-corrected chi connectivity index (χ0v) is 11.5. The molecule has 3 heteroatoms. The quantitative estimate of drug-likeness (QED) is 0.861. The number of amides is 1. The zero-order chi connectivity index (χ0) is 13.9. The van der Waals surface area contributed by atoms with Gasteiger partial charge in [0.15, 0.2) is 0 Å². The minimum atomic E-state index is -0.0783. The highest BCUT2D eigenvalue weighted by Crippen LogP contribution is 2.24. The lowest BCUT2D eigenvalue weighted by Gasteiger charge is -2.38. The number of nitrogens with one attached hydrogen (secondary N) is 1. The van der Waals surface area contributed by atoms with E-state index in [4.69, 9.17) is 0 Å². The lowest BCUT2D eigenvalue weighted by Crippen LogP contribution is -2.61. The largest absolute Gasteiger partial charge is 0.342 e. The van der Waals surface area contributed by atoms with E-state index in [2.05, 4.69) is 29.6 Å². The van der Waals surface area contributed by atoms with Crippen molar-refractivity contribution in [3.05, 3.63) is 71.8 Å². The van der Waals surface area contributed by atoms with Crippen molar-refractivity contribution >= 4 is 5.91 Å². The van der Waals surface area contributed by atoms with Gasteiger partial charge in [-0.15, -0.1) is 0 Å². The van der Waals surface area contributed by atoms with Gasteiger partial charge >= 0.3 is 0 Å². The van der Waals surface area contributed by atoms with Crippen LogP contribution in [0, 0.1) is 0 Å². The third-order valence-corrected chi connectivity index (χ3v) is 3.76. The Hall–Kier alpha value is -2.13. The number of likely N-dealkylation sites (tertiary alicyclic amines) is 1. The molecule has 1 saturated heterocycles. The Balaban J connectivity index is 1.87. The van der Waals surface area contributed by atoms with Gasteiger partial charge in [0.1, 0.15) is 6.04 Å². The Labute approximate surface area is 119 Å². The summed E-state index contributed by atoms with van der Waals surface area (Å²) < 4.78 is 0. The van der Waals surface area contributed by atoms with Gasteiger partial charge in [0.2, 0.25) is 5.91 Å². The number of rotatable bonds is 4. The molecule has 0 aliphatic carbocycles. The van der Waals surface area contributed by atoms with E-state index in [1.807, 2.05) is 43.4 Å². The molecule has 20 heavy (non-hydrogen) atoms. The number of hydrogen-bond acceptors (Lipinski definition) is 2. The maximum absolute atomic E-state index is 11.8. The topological polar surface area (TPSA) is 32.3 Å². The number of β-lactam (4-membered cyclic amide) rings is 1. The Bertz CT molecular complexity index is 543. The first-order valence-corrected chi connectivity index (χ1v) is 6.86. The van der Waals surface area contributed by atoms with E-state index in [1.165, 1.54) is 11.1 Å². The summed E-state index contributed by atoms with van der Waals surface area (Å²) in [6, 6.07) is 20.5.